The van der Waals surface area contributed by atoms with Gasteiger partial charge in [0.05, 0.1) is 6.61 Å². The quantitative estimate of drug-likeness (QED) is 0.512. The summed E-state index contributed by atoms with van der Waals surface area (Å²) in [4.78, 5) is 10.8. The highest BCUT2D eigenvalue weighted by molar-refractivity contribution is 7.80. The van der Waals surface area contributed by atoms with Crippen LogP contribution in [0.25, 0.3) is 0 Å². The van der Waals surface area contributed by atoms with E-state index in [2.05, 4.69) is 12.6 Å². The van der Waals surface area contributed by atoms with Gasteiger partial charge in [-0.2, -0.15) is 12.6 Å². The third kappa shape index (κ3) is 7.72. The number of ether oxygens (including phenoxy) is 1. The van der Waals surface area contributed by atoms with Crippen LogP contribution in [0.4, 0.5) is 0 Å². The third-order valence-corrected chi connectivity index (χ3v) is 1.51. The molecule has 0 aromatic rings. The summed E-state index contributed by atoms with van der Waals surface area (Å²) >= 11 is 4.16. The lowest BCUT2D eigenvalue weighted by molar-refractivity contribution is -0.143. The van der Waals surface area contributed by atoms with E-state index in [1.807, 2.05) is 13.8 Å². The average Bonchev–Trinajstić information content (AvgIpc) is 1.87. The Balaban J connectivity index is 3.17. The van der Waals surface area contributed by atoms with Crippen LogP contribution in [0, 0.1) is 0 Å². The van der Waals surface area contributed by atoms with E-state index < -0.39 is 0 Å². The first-order valence-corrected chi connectivity index (χ1v) is 4.52. The van der Waals surface area contributed by atoms with Gasteiger partial charge in [0.2, 0.25) is 0 Å². The molecule has 0 aliphatic carbocycles. The molecule has 0 aromatic carbocycles. The number of rotatable bonds is 5. The second kappa shape index (κ2) is 6.53. The molecule has 0 spiro atoms. The van der Waals surface area contributed by atoms with Crippen molar-refractivity contribution in [2.45, 2.75) is 38.4 Å². The maximum Gasteiger partial charge on any atom is 0.305 e. The fourth-order valence-electron chi connectivity index (χ4n) is 0.620. The minimum atomic E-state index is -0.0958. The van der Waals surface area contributed by atoms with Crippen LogP contribution in [0.2, 0.25) is 0 Å². The van der Waals surface area contributed by atoms with Gasteiger partial charge in [-0.1, -0.05) is 13.8 Å². The molecule has 11 heavy (non-hydrogen) atoms. The van der Waals surface area contributed by atoms with E-state index in [0.717, 1.165) is 12.8 Å². The first-order valence-electron chi connectivity index (χ1n) is 4.00. The molecule has 0 radical (unpaired) electrons. The molecule has 0 fully saturated rings. The minimum absolute atomic E-state index is 0.0958. The highest BCUT2D eigenvalue weighted by atomic mass is 32.1. The fourth-order valence-corrected chi connectivity index (χ4v) is 0.725. The third-order valence-electron chi connectivity index (χ3n) is 1.25. The molecule has 66 valence electrons. The van der Waals surface area contributed by atoms with Crippen LogP contribution in [0.5, 0.6) is 0 Å². The fraction of sp³-hybridized carbons (Fsp3) is 0.875. The Hall–Kier alpha value is -0.180. The second-order valence-electron chi connectivity index (χ2n) is 2.61. The van der Waals surface area contributed by atoms with Crippen LogP contribution in [0.15, 0.2) is 0 Å². The normalized spacial score (nSPS) is 12.6. The highest BCUT2D eigenvalue weighted by Gasteiger charge is 2.00. The van der Waals surface area contributed by atoms with E-state index in [0.29, 0.717) is 18.3 Å². The Kier molecular flexibility index (Phi) is 6.42. The van der Waals surface area contributed by atoms with Crippen LogP contribution in [0.3, 0.4) is 0 Å². The van der Waals surface area contributed by atoms with Crippen LogP contribution in [-0.2, 0) is 9.53 Å². The summed E-state index contributed by atoms with van der Waals surface area (Å²) in [6, 6.07) is 0. The number of carbonyl (C=O) groups is 1. The molecule has 0 saturated heterocycles. The van der Waals surface area contributed by atoms with Gasteiger partial charge in [0.15, 0.2) is 0 Å². The van der Waals surface area contributed by atoms with Crippen LogP contribution >= 0.6 is 12.6 Å². The Morgan fingerprint density at radius 1 is 1.64 bits per heavy atom. The van der Waals surface area contributed by atoms with E-state index in [4.69, 9.17) is 4.74 Å². The molecule has 0 rings (SSSR count). The number of hydrogen-bond donors (Lipinski definition) is 1. The zero-order valence-corrected chi connectivity index (χ0v) is 8.06. The molecule has 0 bridgehead atoms. The van der Waals surface area contributed by atoms with Gasteiger partial charge in [0.1, 0.15) is 0 Å². The summed E-state index contributed by atoms with van der Waals surface area (Å²) in [5, 5.41) is 0.310. The van der Waals surface area contributed by atoms with E-state index >= 15 is 0 Å². The van der Waals surface area contributed by atoms with Crippen molar-refractivity contribution >= 4 is 18.6 Å². The maximum atomic E-state index is 10.8. The van der Waals surface area contributed by atoms with Gasteiger partial charge in [-0.15, -0.1) is 0 Å². The van der Waals surface area contributed by atoms with Gasteiger partial charge < -0.3 is 4.74 Å². The molecule has 1 atom stereocenters. The molecule has 0 aliphatic heterocycles. The lowest BCUT2D eigenvalue weighted by Crippen LogP contribution is -2.07. The van der Waals surface area contributed by atoms with Crippen LogP contribution < -0.4 is 0 Å². The predicted octanol–water partition coefficient (Wildman–Crippen LogP) is 2.04. The van der Waals surface area contributed by atoms with E-state index in [1.165, 1.54) is 0 Å². The molecule has 1 unspecified atom stereocenters. The zero-order valence-electron chi connectivity index (χ0n) is 7.17. The highest BCUT2D eigenvalue weighted by Crippen LogP contribution is 2.00. The summed E-state index contributed by atoms with van der Waals surface area (Å²) in [5.41, 5.74) is 0. The molecular weight excluding hydrogens is 160 g/mol. The van der Waals surface area contributed by atoms with Crippen molar-refractivity contribution in [2.24, 2.45) is 0 Å². The maximum absolute atomic E-state index is 10.8. The van der Waals surface area contributed by atoms with Crippen LogP contribution in [-0.4, -0.2) is 17.8 Å². The smallest absolute Gasteiger partial charge is 0.305 e. The molecule has 2 nitrogen and oxygen atoms in total. The lowest BCUT2D eigenvalue weighted by atomic mass is 10.3. The zero-order chi connectivity index (χ0) is 8.69. The van der Waals surface area contributed by atoms with Gasteiger partial charge in [-0.05, 0) is 12.8 Å². The molecular formula is C8H16O2S. The summed E-state index contributed by atoms with van der Waals surface area (Å²) in [7, 11) is 0. The average molecular weight is 176 g/mol. The number of esters is 1. The van der Waals surface area contributed by atoms with Crippen molar-refractivity contribution in [3.8, 4) is 0 Å². The van der Waals surface area contributed by atoms with Gasteiger partial charge in [0.25, 0.3) is 0 Å². The van der Waals surface area contributed by atoms with Crippen molar-refractivity contribution in [2.75, 3.05) is 6.61 Å². The Bertz CT molecular complexity index is 113. The first-order chi connectivity index (χ1) is 5.16. The van der Waals surface area contributed by atoms with E-state index in [-0.39, 0.29) is 5.97 Å². The first kappa shape index (κ1) is 10.8. The molecule has 0 aromatic heterocycles. The number of carbonyl (C=O) groups excluding carboxylic acids is 1. The van der Waals surface area contributed by atoms with Gasteiger partial charge >= 0.3 is 5.97 Å². The van der Waals surface area contributed by atoms with Crippen LogP contribution in [0.1, 0.15) is 33.1 Å². The van der Waals surface area contributed by atoms with Crippen molar-refractivity contribution in [1.29, 1.82) is 0 Å². The van der Waals surface area contributed by atoms with Gasteiger partial charge in [-0.25, -0.2) is 0 Å². The molecule has 0 amide bonds. The summed E-state index contributed by atoms with van der Waals surface area (Å²) in [6.07, 6.45) is 2.22. The Morgan fingerprint density at radius 3 is 2.73 bits per heavy atom. The monoisotopic (exact) mass is 176 g/mol. The Labute approximate surface area is 73.7 Å². The summed E-state index contributed by atoms with van der Waals surface area (Å²) < 4.78 is 4.91. The van der Waals surface area contributed by atoms with Crippen molar-refractivity contribution < 1.29 is 9.53 Å². The molecule has 0 N–H and O–H groups in total. The minimum Gasteiger partial charge on any atom is -0.466 e. The summed E-state index contributed by atoms with van der Waals surface area (Å²) in [6.45, 7) is 4.45. The van der Waals surface area contributed by atoms with E-state index in [1.54, 1.807) is 0 Å². The van der Waals surface area contributed by atoms with Crippen molar-refractivity contribution in [3.63, 3.8) is 0 Å². The molecule has 3 heteroatoms. The topological polar surface area (TPSA) is 26.3 Å². The standard InChI is InChI=1S/C8H16O2S/c1-3-4-8(9)10-6-5-7(2)11/h7,11H,3-6H2,1-2H3. The molecule has 0 heterocycles. The molecule has 0 saturated carbocycles. The summed E-state index contributed by atoms with van der Waals surface area (Å²) in [5.74, 6) is -0.0958. The Morgan fingerprint density at radius 2 is 2.27 bits per heavy atom. The largest absolute Gasteiger partial charge is 0.466 e. The number of thiol groups is 1. The SMILES string of the molecule is CCCC(=O)OCCC(C)S. The van der Waals surface area contributed by atoms with Gasteiger partial charge in [-0.3, -0.25) is 4.79 Å². The van der Waals surface area contributed by atoms with Crippen molar-refractivity contribution in [1.82, 2.24) is 0 Å². The number of hydrogen-bond acceptors (Lipinski definition) is 3. The lowest BCUT2D eigenvalue weighted by Gasteiger charge is -2.04. The van der Waals surface area contributed by atoms with E-state index in [9.17, 15) is 4.79 Å². The van der Waals surface area contributed by atoms with Crippen molar-refractivity contribution in [3.05, 3.63) is 0 Å². The predicted molar refractivity (Wildman–Crippen MR) is 48.9 cm³/mol. The van der Waals surface area contributed by atoms with Gasteiger partial charge in [0, 0.05) is 11.7 Å². The second-order valence-corrected chi connectivity index (χ2v) is 3.49. The molecule has 0 aliphatic rings.